The Labute approximate surface area is 187 Å². The van der Waals surface area contributed by atoms with Crippen molar-refractivity contribution in [2.45, 2.75) is 20.4 Å². The van der Waals surface area contributed by atoms with E-state index >= 15 is 0 Å². The molecule has 5 heterocycles. The van der Waals surface area contributed by atoms with Gasteiger partial charge in [-0.2, -0.15) is 9.47 Å². The lowest BCUT2D eigenvalue weighted by Crippen LogP contribution is -2.51. The Morgan fingerprint density at radius 2 is 2.19 bits per heavy atom. The second-order valence-corrected chi connectivity index (χ2v) is 8.42. The van der Waals surface area contributed by atoms with Gasteiger partial charge in [0.1, 0.15) is 5.00 Å². The number of anilines is 2. The highest BCUT2D eigenvalue weighted by molar-refractivity contribution is 7.10. The van der Waals surface area contributed by atoms with E-state index in [1.807, 2.05) is 29.8 Å². The number of aromatic amines is 1. The van der Waals surface area contributed by atoms with Gasteiger partial charge in [-0.15, -0.1) is 0 Å². The fourth-order valence-electron chi connectivity index (χ4n) is 3.70. The van der Waals surface area contributed by atoms with Crippen LogP contribution in [-0.4, -0.2) is 70.2 Å². The number of hydrogen-bond acceptors (Lipinski definition) is 8. The van der Waals surface area contributed by atoms with Crippen molar-refractivity contribution in [2.24, 2.45) is 0 Å². The molecule has 12 heteroatoms. The van der Waals surface area contributed by atoms with Gasteiger partial charge >= 0.3 is 0 Å². The fraction of sp³-hybridized carbons (Fsp3) is 0.300. The van der Waals surface area contributed by atoms with Crippen molar-refractivity contribution < 1.29 is 9.59 Å². The van der Waals surface area contributed by atoms with Gasteiger partial charge in [-0.3, -0.25) is 19.1 Å². The van der Waals surface area contributed by atoms with Gasteiger partial charge in [0.2, 0.25) is 11.8 Å². The number of carbonyl (C=O) groups is 2. The summed E-state index contributed by atoms with van der Waals surface area (Å²) in [6.45, 7) is 4.98. The van der Waals surface area contributed by atoms with E-state index in [4.69, 9.17) is 0 Å². The van der Waals surface area contributed by atoms with Crippen molar-refractivity contribution >= 4 is 39.8 Å². The van der Waals surface area contributed by atoms with Crippen molar-refractivity contribution in [3.63, 3.8) is 0 Å². The molecule has 4 aromatic heterocycles. The zero-order chi connectivity index (χ0) is 22.2. The second-order valence-electron chi connectivity index (χ2n) is 7.62. The predicted molar refractivity (Wildman–Crippen MR) is 118 cm³/mol. The molecule has 0 saturated carbocycles. The van der Waals surface area contributed by atoms with Gasteiger partial charge in [0.15, 0.2) is 11.5 Å². The van der Waals surface area contributed by atoms with Crippen LogP contribution in [0.4, 0.5) is 10.8 Å². The van der Waals surface area contributed by atoms with Gasteiger partial charge in [-0.1, -0.05) is 0 Å². The summed E-state index contributed by atoms with van der Waals surface area (Å²) >= 11 is 1.30. The number of carbonyl (C=O) groups excluding carboxylic acids is 2. The Bertz CT molecular complexity index is 1290. The predicted octanol–water partition coefficient (Wildman–Crippen LogP) is 1.82. The minimum atomic E-state index is -0.0787. The lowest BCUT2D eigenvalue weighted by Gasteiger charge is -2.33. The molecule has 0 spiro atoms. The number of aromatic nitrogens is 6. The number of imidazole rings is 1. The van der Waals surface area contributed by atoms with Crippen LogP contribution in [0.5, 0.6) is 0 Å². The molecule has 0 radical (unpaired) electrons. The first-order chi connectivity index (χ1) is 15.5. The van der Waals surface area contributed by atoms with Gasteiger partial charge in [0, 0.05) is 38.0 Å². The van der Waals surface area contributed by atoms with E-state index in [0.717, 1.165) is 27.6 Å². The molecule has 0 unspecified atom stereocenters. The standard InChI is InChI=1S/C20H21N9O2S/c1-12-9-29-16(14-6-22-23-7-14)8-21-20(29)19(24-12)25-17-5-15(26-32-17)10-28-4-3-27(13(2)30)11-18(28)31/h5-9H,3-4,10-11H2,1-2H3,(H,22,23)(H,24,25). The maximum absolute atomic E-state index is 12.4. The molecule has 4 aromatic rings. The molecular formula is C20H21N9O2S. The molecule has 32 heavy (non-hydrogen) atoms. The number of aryl methyl sites for hydroxylation is 1. The van der Waals surface area contributed by atoms with Crippen molar-refractivity contribution in [3.05, 3.63) is 42.2 Å². The van der Waals surface area contributed by atoms with E-state index in [0.29, 0.717) is 31.1 Å². The van der Waals surface area contributed by atoms with E-state index < -0.39 is 0 Å². The Hall–Kier alpha value is -3.80. The Kier molecular flexibility index (Phi) is 5.05. The van der Waals surface area contributed by atoms with Crippen LogP contribution in [0.2, 0.25) is 0 Å². The molecule has 164 valence electrons. The molecular weight excluding hydrogens is 430 g/mol. The third kappa shape index (κ3) is 3.80. The summed E-state index contributed by atoms with van der Waals surface area (Å²) in [6, 6.07) is 1.91. The minimum absolute atomic E-state index is 0.0693. The number of hydrogen-bond donors (Lipinski definition) is 2. The Morgan fingerprint density at radius 3 is 2.94 bits per heavy atom. The average molecular weight is 452 g/mol. The first-order valence-electron chi connectivity index (χ1n) is 10.1. The number of piperazine rings is 1. The summed E-state index contributed by atoms with van der Waals surface area (Å²) < 4.78 is 6.46. The molecule has 11 nitrogen and oxygen atoms in total. The summed E-state index contributed by atoms with van der Waals surface area (Å²) in [6.07, 6.45) is 7.29. The molecule has 0 atom stereocenters. The fourth-order valence-corrected chi connectivity index (χ4v) is 4.36. The zero-order valence-corrected chi connectivity index (χ0v) is 18.4. The van der Waals surface area contributed by atoms with E-state index in [9.17, 15) is 9.59 Å². The quantitative estimate of drug-likeness (QED) is 0.474. The molecule has 5 rings (SSSR count). The average Bonchev–Trinajstić information content (AvgIpc) is 3.50. The molecule has 0 aromatic carbocycles. The van der Waals surface area contributed by atoms with Crippen LogP contribution in [0, 0.1) is 6.92 Å². The number of H-pyrrole nitrogens is 1. The zero-order valence-electron chi connectivity index (χ0n) is 17.6. The second kappa shape index (κ2) is 8.04. The molecule has 2 N–H and O–H groups in total. The van der Waals surface area contributed by atoms with Crippen LogP contribution < -0.4 is 5.32 Å². The van der Waals surface area contributed by atoms with Crippen molar-refractivity contribution in [3.8, 4) is 11.3 Å². The Balaban J connectivity index is 1.34. The highest BCUT2D eigenvalue weighted by Gasteiger charge is 2.26. The lowest BCUT2D eigenvalue weighted by atomic mass is 10.2. The molecule has 1 fully saturated rings. The van der Waals surface area contributed by atoms with Crippen molar-refractivity contribution in [1.29, 1.82) is 0 Å². The van der Waals surface area contributed by atoms with Gasteiger partial charge in [0.25, 0.3) is 0 Å². The maximum Gasteiger partial charge on any atom is 0.242 e. The summed E-state index contributed by atoms with van der Waals surface area (Å²) in [5.74, 6) is 0.478. The van der Waals surface area contributed by atoms with E-state index in [1.54, 1.807) is 22.2 Å². The molecule has 1 aliphatic heterocycles. The molecule has 0 aliphatic carbocycles. The summed E-state index contributed by atoms with van der Waals surface area (Å²) in [7, 11) is 0. The van der Waals surface area contributed by atoms with E-state index in [2.05, 4.69) is 29.9 Å². The van der Waals surface area contributed by atoms with E-state index in [1.165, 1.54) is 18.5 Å². The van der Waals surface area contributed by atoms with E-state index in [-0.39, 0.29) is 18.4 Å². The molecule has 1 saturated heterocycles. The van der Waals surface area contributed by atoms with Gasteiger partial charge in [-0.25, -0.2) is 9.97 Å². The first-order valence-corrected chi connectivity index (χ1v) is 10.8. The largest absolute Gasteiger partial charge is 0.333 e. The highest BCUT2D eigenvalue weighted by atomic mass is 32.1. The van der Waals surface area contributed by atoms with Crippen molar-refractivity contribution in [1.82, 2.24) is 38.7 Å². The number of nitrogens with one attached hydrogen (secondary N) is 2. The van der Waals surface area contributed by atoms with Crippen LogP contribution in [-0.2, 0) is 16.1 Å². The van der Waals surface area contributed by atoms with Crippen LogP contribution in [0.1, 0.15) is 18.3 Å². The third-order valence-corrected chi connectivity index (χ3v) is 6.07. The third-order valence-electron chi connectivity index (χ3n) is 5.32. The maximum atomic E-state index is 12.4. The summed E-state index contributed by atoms with van der Waals surface area (Å²) in [4.78, 5) is 36.3. The topological polar surface area (TPSA) is 124 Å². The lowest BCUT2D eigenvalue weighted by molar-refractivity contribution is -0.144. The smallest absolute Gasteiger partial charge is 0.242 e. The summed E-state index contributed by atoms with van der Waals surface area (Å²) in [5.41, 5.74) is 4.16. The van der Waals surface area contributed by atoms with Crippen LogP contribution >= 0.6 is 11.5 Å². The number of fused-ring (bicyclic) bond motifs is 1. The van der Waals surface area contributed by atoms with Crippen LogP contribution in [0.15, 0.2) is 30.9 Å². The summed E-state index contributed by atoms with van der Waals surface area (Å²) in [5, 5.41) is 11.0. The highest BCUT2D eigenvalue weighted by Crippen LogP contribution is 2.27. The van der Waals surface area contributed by atoms with Gasteiger partial charge in [0.05, 0.1) is 42.6 Å². The van der Waals surface area contributed by atoms with Gasteiger partial charge in [-0.05, 0) is 24.5 Å². The number of rotatable bonds is 5. The minimum Gasteiger partial charge on any atom is -0.333 e. The molecule has 2 amide bonds. The molecule has 0 bridgehead atoms. The SMILES string of the molecule is CC(=O)N1CCN(Cc2cc(Nc3nc(C)cn4c(-c5cn[nH]c5)cnc34)sn2)C(=O)C1. The van der Waals surface area contributed by atoms with Crippen molar-refractivity contribution in [2.75, 3.05) is 25.0 Å². The molecule has 1 aliphatic rings. The monoisotopic (exact) mass is 451 g/mol. The first kappa shape index (κ1) is 20.1. The van der Waals surface area contributed by atoms with Gasteiger partial charge < -0.3 is 15.1 Å². The number of nitrogens with zero attached hydrogens (tertiary/aromatic N) is 7. The number of amides is 2. The van der Waals surface area contributed by atoms with Crippen LogP contribution in [0.3, 0.4) is 0 Å². The Morgan fingerprint density at radius 1 is 1.31 bits per heavy atom. The normalized spacial score (nSPS) is 14.4. The van der Waals surface area contributed by atoms with Crippen LogP contribution in [0.25, 0.3) is 16.9 Å².